The minimum absolute atomic E-state index is 0. The molecule has 0 heterocycles. The Labute approximate surface area is 304 Å². The van der Waals surface area contributed by atoms with Gasteiger partial charge in [-0.2, -0.15) is 0 Å². The summed E-state index contributed by atoms with van der Waals surface area (Å²) in [6, 6.07) is 26.6. The molecule has 0 amide bonds. The van der Waals surface area contributed by atoms with Crippen molar-refractivity contribution in [3.8, 4) is 11.1 Å². The first-order valence-electron chi connectivity index (χ1n) is 17.9. The van der Waals surface area contributed by atoms with Gasteiger partial charge in [-0.3, -0.25) is 0 Å². The van der Waals surface area contributed by atoms with E-state index < -0.39 is 21.3 Å². The van der Waals surface area contributed by atoms with Gasteiger partial charge >= 0.3 is 282 Å². The minimum Gasteiger partial charge on any atom is -1.00 e. The third-order valence-corrected chi connectivity index (χ3v) is 19.9. The number of fused-ring (bicyclic) bond motifs is 3. The first kappa shape index (κ1) is 35.3. The van der Waals surface area contributed by atoms with Crippen molar-refractivity contribution >= 4 is 3.71 Å². The van der Waals surface area contributed by atoms with Crippen molar-refractivity contribution in [1.82, 2.24) is 0 Å². The summed E-state index contributed by atoms with van der Waals surface area (Å²) in [5.41, 5.74) is 13.3. The predicted molar refractivity (Wildman–Crippen MR) is 189 cm³/mol. The van der Waals surface area contributed by atoms with Gasteiger partial charge < -0.3 is 24.8 Å². The van der Waals surface area contributed by atoms with Crippen molar-refractivity contribution in [2.24, 2.45) is 23.2 Å². The summed E-state index contributed by atoms with van der Waals surface area (Å²) in [5, 5.41) is 0. The second-order valence-electron chi connectivity index (χ2n) is 17.6. The molecule has 0 spiro atoms. The van der Waals surface area contributed by atoms with Crippen LogP contribution in [0.1, 0.15) is 118 Å². The third kappa shape index (κ3) is 6.34. The summed E-state index contributed by atoms with van der Waals surface area (Å²) in [7, 11) is 0. The Balaban J connectivity index is 0.00000193. The topological polar surface area (TPSA) is 0 Å². The monoisotopic (exact) mass is 740 g/mol. The third-order valence-electron chi connectivity index (χ3n) is 12.4. The molecule has 0 nitrogen and oxygen atoms in total. The molecule has 9 rings (SSSR count). The molecule has 246 valence electrons. The number of allylic oxidation sites excluding steroid dienone is 4. The van der Waals surface area contributed by atoms with E-state index in [0.717, 1.165) is 24.2 Å². The molecule has 0 saturated heterocycles. The van der Waals surface area contributed by atoms with E-state index in [1.54, 1.807) is 11.1 Å². The fourth-order valence-electron chi connectivity index (χ4n) is 10.5. The molecule has 0 radical (unpaired) electrons. The number of benzene rings is 3. The maximum absolute atomic E-state index is 2.93. The molecule has 4 fully saturated rings. The molecule has 3 heteroatoms. The summed E-state index contributed by atoms with van der Waals surface area (Å²) in [6.07, 6.45) is 16.5. The van der Waals surface area contributed by atoms with Crippen LogP contribution in [0.3, 0.4) is 0 Å². The van der Waals surface area contributed by atoms with Crippen LogP contribution in [0.25, 0.3) is 11.1 Å². The fraction of sp³-hybridized carbons (Fsp3) is 0.477. The Morgan fingerprint density at radius 3 is 1.70 bits per heavy atom. The van der Waals surface area contributed by atoms with Crippen molar-refractivity contribution in [1.29, 1.82) is 0 Å². The first-order chi connectivity index (χ1) is 21.5. The van der Waals surface area contributed by atoms with Crippen molar-refractivity contribution < 1.29 is 46.1 Å². The van der Waals surface area contributed by atoms with Crippen molar-refractivity contribution in [2.45, 2.75) is 107 Å². The predicted octanol–water partition coefficient (Wildman–Crippen LogP) is 5.45. The van der Waals surface area contributed by atoms with Gasteiger partial charge in [0.25, 0.3) is 0 Å². The molecular formula is C44H52Cl2Zr. The summed E-state index contributed by atoms with van der Waals surface area (Å²) in [6.45, 7) is 14.2. The van der Waals surface area contributed by atoms with E-state index in [1.165, 1.54) is 72.8 Å². The van der Waals surface area contributed by atoms with Crippen LogP contribution in [0.5, 0.6) is 0 Å². The van der Waals surface area contributed by atoms with Crippen LogP contribution in [0.2, 0.25) is 0 Å². The van der Waals surface area contributed by atoms with Gasteiger partial charge in [0.05, 0.1) is 0 Å². The van der Waals surface area contributed by atoms with E-state index in [9.17, 15) is 0 Å². The van der Waals surface area contributed by atoms with Gasteiger partial charge in [-0.15, -0.1) is 0 Å². The minimum atomic E-state index is -2.42. The molecule has 0 aromatic heterocycles. The van der Waals surface area contributed by atoms with E-state index in [0.29, 0.717) is 9.04 Å². The van der Waals surface area contributed by atoms with Crippen molar-refractivity contribution in [3.63, 3.8) is 0 Å². The molecule has 47 heavy (non-hydrogen) atoms. The van der Waals surface area contributed by atoms with Crippen LogP contribution in [0.15, 0.2) is 87.7 Å². The first-order valence-corrected chi connectivity index (χ1v) is 22.0. The van der Waals surface area contributed by atoms with Crippen LogP contribution in [-0.4, -0.2) is 3.71 Å². The van der Waals surface area contributed by atoms with Crippen molar-refractivity contribution in [3.05, 3.63) is 116 Å². The normalized spacial score (nSPS) is 25.9. The molecular weight excluding hydrogens is 691 g/mol. The van der Waals surface area contributed by atoms with Gasteiger partial charge in [0.2, 0.25) is 0 Å². The van der Waals surface area contributed by atoms with Gasteiger partial charge in [-0.1, -0.05) is 0 Å². The standard InChI is InChI=1S/C21H25.C15H19.C8H8.2ClH.Zr/c1-20(2,3)16-9-7-14-11-15-8-10-17(21(4,5)6)13-19(15)18(14)12-16;1-2-4-14(3-1)15-8-11-5-12(9-15)7-13(6-11)10-15;1-2-8-6-4-3-5-7-8;;;/h7-13H,1-6H3;1,3,11-13H,2,5-10H2;1,3-7H,2H2;2*1H;/q;;;;;+2/p-2. The molecule has 0 atom stereocenters. The zero-order valence-electron chi connectivity index (χ0n) is 29.3. The van der Waals surface area contributed by atoms with Gasteiger partial charge in [0.15, 0.2) is 0 Å². The molecule has 0 N–H and O–H groups in total. The second-order valence-corrected chi connectivity index (χ2v) is 23.7. The Hall–Kier alpha value is -1.53. The smallest absolute Gasteiger partial charge is 1.00 e. The van der Waals surface area contributed by atoms with E-state index >= 15 is 0 Å². The Morgan fingerprint density at radius 1 is 0.702 bits per heavy atom. The molecule has 0 aliphatic heterocycles. The molecule has 4 bridgehead atoms. The number of halogens is 2. The van der Waals surface area contributed by atoms with E-state index in [1.807, 2.05) is 8.85 Å². The maximum Gasteiger partial charge on any atom is -1.00 e. The van der Waals surface area contributed by atoms with Gasteiger partial charge in [-0.25, -0.2) is 0 Å². The quantitative estimate of drug-likeness (QED) is 0.327. The molecule has 6 aliphatic carbocycles. The zero-order chi connectivity index (χ0) is 31.1. The van der Waals surface area contributed by atoms with Crippen LogP contribution in [0, 0.1) is 23.2 Å². The van der Waals surface area contributed by atoms with E-state index in [-0.39, 0.29) is 35.6 Å². The van der Waals surface area contributed by atoms with Crippen molar-refractivity contribution in [2.75, 3.05) is 0 Å². The van der Waals surface area contributed by atoms with Gasteiger partial charge in [0, 0.05) is 0 Å². The van der Waals surface area contributed by atoms with Crippen LogP contribution < -0.4 is 24.8 Å². The SMILES string of the molecule is CC(C)(C)c1ccc2c(c1)-c1cc(C(C)(C)C)ccc1[CH]2/[Zr+2](=[CH]\Cc1ccccc1)[C]1=C(C23CC4CC(CC(C4)C2)C3)C=CC1.[Cl-].[Cl-]. The molecule has 6 aliphatic rings. The van der Waals surface area contributed by atoms with E-state index in [2.05, 4.69) is 124 Å². The molecule has 4 saturated carbocycles. The molecule has 0 unspecified atom stereocenters. The largest absolute Gasteiger partial charge is 1.00 e. The van der Waals surface area contributed by atoms with Crippen LogP contribution in [-0.2, 0) is 38.5 Å². The van der Waals surface area contributed by atoms with E-state index in [4.69, 9.17) is 0 Å². The fourth-order valence-corrected chi connectivity index (χ4v) is 19.0. The van der Waals surface area contributed by atoms with Gasteiger partial charge in [0.1, 0.15) is 0 Å². The average Bonchev–Trinajstić information content (AvgIpc) is 3.60. The van der Waals surface area contributed by atoms with Gasteiger partial charge in [-0.05, 0) is 0 Å². The van der Waals surface area contributed by atoms with Crippen LogP contribution >= 0.6 is 0 Å². The Morgan fingerprint density at radius 2 is 1.21 bits per heavy atom. The summed E-state index contributed by atoms with van der Waals surface area (Å²) in [5.74, 6) is 2.96. The number of hydrogen-bond donors (Lipinski definition) is 0. The van der Waals surface area contributed by atoms with Crippen LogP contribution in [0.4, 0.5) is 0 Å². The number of hydrogen-bond acceptors (Lipinski definition) is 0. The molecule has 3 aromatic carbocycles. The molecule has 3 aromatic rings. The number of rotatable bonds is 5. The maximum atomic E-state index is 2.93. The zero-order valence-corrected chi connectivity index (χ0v) is 33.3. The summed E-state index contributed by atoms with van der Waals surface area (Å²) in [4.78, 5) is 0. The average molecular weight is 743 g/mol. The second kappa shape index (κ2) is 13.0. The summed E-state index contributed by atoms with van der Waals surface area (Å²) >= 11 is -2.42. The summed E-state index contributed by atoms with van der Waals surface area (Å²) < 4.78 is 5.43. The Bertz CT molecular complexity index is 1640. The Kier molecular flexibility index (Phi) is 9.75.